The van der Waals surface area contributed by atoms with E-state index >= 15 is 0 Å². The van der Waals surface area contributed by atoms with Crippen molar-refractivity contribution < 1.29 is 9.53 Å². The molecule has 0 heterocycles. The number of nitrogens with one attached hydrogen (secondary N) is 1. The highest BCUT2D eigenvalue weighted by atomic mass is 16.5. The van der Waals surface area contributed by atoms with Gasteiger partial charge in [-0.1, -0.05) is 0 Å². The molecule has 0 bridgehead atoms. The van der Waals surface area contributed by atoms with E-state index in [1.807, 2.05) is 0 Å². The van der Waals surface area contributed by atoms with E-state index in [9.17, 15) is 4.79 Å². The van der Waals surface area contributed by atoms with Gasteiger partial charge in [-0.15, -0.1) is 0 Å². The number of ether oxygens (including phenoxy) is 1. The number of rotatable bonds is 2. The van der Waals surface area contributed by atoms with Gasteiger partial charge in [0.2, 0.25) is 4.91 Å². The quantitative estimate of drug-likeness (QED) is 0.371. The molecule has 0 atom stereocenters. The standard InChI is InChI=1S/C6H12N3O2/c1-6(2,3)5(10)11-4-8-9-7/h7H,4H2,1-3H3/q+1. The molecule has 0 aliphatic carbocycles. The van der Waals surface area contributed by atoms with Gasteiger partial charge in [-0.05, 0) is 20.8 Å². The van der Waals surface area contributed by atoms with Crippen LogP contribution in [0.3, 0.4) is 0 Å². The Hall–Kier alpha value is -1.22. The third-order valence-corrected chi connectivity index (χ3v) is 0.936. The monoisotopic (exact) mass is 158 g/mol. The van der Waals surface area contributed by atoms with E-state index in [-0.39, 0.29) is 12.7 Å². The first-order valence-electron chi connectivity index (χ1n) is 3.19. The van der Waals surface area contributed by atoms with Crippen LogP contribution < -0.4 is 4.91 Å². The second-order valence-electron chi connectivity index (χ2n) is 3.05. The van der Waals surface area contributed by atoms with Crippen molar-refractivity contribution in [2.24, 2.45) is 10.5 Å². The molecule has 1 N–H and O–H groups in total. The average Bonchev–Trinajstić information content (AvgIpc) is 1.86. The van der Waals surface area contributed by atoms with Crippen LogP contribution in [0.1, 0.15) is 20.8 Å². The fraction of sp³-hybridized carbons (Fsp3) is 0.833. The molecule has 0 radical (unpaired) electrons. The largest absolute Gasteiger partial charge is 0.434 e. The maximum Gasteiger partial charge on any atom is 0.313 e. The Labute approximate surface area is 65.0 Å². The van der Waals surface area contributed by atoms with Crippen molar-refractivity contribution in [2.75, 3.05) is 6.73 Å². The molecule has 0 fully saturated rings. The number of nitrogens with zero attached hydrogens (tertiary/aromatic N) is 2. The Morgan fingerprint density at radius 3 is 2.55 bits per heavy atom. The van der Waals surface area contributed by atoms with Crippen LogP contribution in [0.15, 0.2) is 5.11 Å². The number of carbonyl (C=O) groups excluding carboxylic acids is 1. The minimum Gasteiger partial charge on any atom is -0.434 e. The summed E-state index contributed by atoms with van der Waals surface area (Å²) in [5, 5.41) is 3.17. The summed E-state index contributed by atoms with van der Waals surface area (Å²) in [6, 6.07) is 0. The molecule has 0 aromatic rings. The van der Waals surface area contributed by atoms with E-state index < -0.39 is 5.41 Å². The zero-order valence-electron chi connectivity index (χ0n) is 6.92. The first kappa shape index (κ1) is 9.78. The first-order valence-corrected chi connectivity index (χ1v) is 3.19. The SMILES string of the molecule is CC(C)(C)C(=O)OCN=[N+]=N. The van der Waals surface area contributed by atoms with Crippen LogP contribution in [0, 0.1) is 10.9 Å². The van der Waals surface area contributed by atoms with Crippen LogP contribution in [-0.4, -0.2) is 12.7 Å². The topological polar surface area (TPSA) is 76.6 Å². The minimum absolute atomic E-state index is 0.167. The molecule has 0 saturated carbocycles. The van der Waals surface area contributed by atoms with Crippen LogP contribution in [0.4, 0.5) is 0 Å². The normalized spacial score (nSPS) is 10.1. The van der Waals surface area contributed by atoms with Gasteiger partial charge >= 0.3 is 5.97 Å². The molecule has 5 heteroatoms. The molecule has 0 saturated heterocycles. The lowest BCUT2D eigenvalue weighted by Gasteiger charge is -2.13. The van der Waals surface area contributed by atoms with Gasteiger partial charge in [-0.25, -0.2) is 0 Å². The Kier molecular flexibility index (Phi) is 3.40. The zero-order chi connectivity index (χ0) is 8.91. The summed E-state index contributed by atoms with van der Waals surface area (Å²) in [6.07, 6.45) is 0. The molecule has 5 nitrogen and oxygen atoms in total. The molecule has 11 heavy (non-hydrogen) atoms. The molecule has 0 rings (SSSR count). The molecule has 0 spiro atoms. The van der Waals surface area contributed by atoms with Gasteiger partial charge in [0.25, 0.3) is 6.73 Å². The summed E-state index contributed by atoms with van der Waals surface area (Å²) in [4.78, 5) is 13.6. The van der Waals surface area contributed by atoms with Gasteiger partial charge in [-0.2, -0.15) is 0 Å². The summed E-state index contributed by atoms with van der Waals surface area (Å²) in [7, 11) is 0. The Morgan fingerprint density at radius 2 is 2.18 bits per heavy atom. The van der Waals surface area contributed by atoms with Gasteiger partial charge in [0.05, 0.1) is 5.41 Å². The third kappa shape index (κ3) is 4.22. The zero-order valence-corrected chi connectivity index (χ0v) is 6.92. The molecule has 0 unspecified atom stereocenters. The number of hydrogen-bond acceptors (Lipinski definition) is 4. The van der Waals surface area contributed by atoms with Crippen LogP contribution in [0.5, 0.6) is 0 Å². The molecule has 0 aliphatic heterocycles. The second kappa shape index (κ2) is 3.83. The van der Waals surface area contributed by atoms with Crippen molar-refractivity contribution in [3.05, 3.63) is 0 Å². The summed E-state index contributed by atoms with van der Waals surface area (Å²) < 4.78 is 4.63. The molecule has 0 aromatic heterocycles. The molecule has 0 aliphatic rings. The highest BCUT2D eigenvalue weighted by Gasteiger charge is 2.23. The summed E-state index contributed by atoms with van der Waals surface area (Å²) in [5.41, 5.74) is 5.75. The predicted molar refractivity (Wildman–Crippen MR) is 37.7 cm³/mol. The number of carbonyl (C=O) groups is 1. The third-order valence-electron chi connectivity index (χ3n) is 0.936. The lowest BCUT2D eigenvalue weighted by atomic mass is 9.98. The fourth-order valence-electron chi connectivity index (χ4n) is 0.333. The summed E-state index contributed by atoms with van der Waals surface area (Å²) in [5.74, 6) is -0.343. The highest BCUT2D eigenvalue weighted by Crippen LogP contribution is 2.14. The van der Waals surface area contributed by atoms with Crippen molar-refractivity contribution >= 4 is 5.97 Å². The van der Waals surface area contributed by atoms with Gasteiger partial charge in [0.15, 0.2) is 5.11 Å². The maximum absolute atomic E-state index is 11.0. The van der Waals surface area contributed by atoms with Gasteiger partial charge in [0, 0.05) is 0 Å². The predicted octanol–water partition coefficient (Wildman–Crippen LogP) is 1.08. The van der Waals surface area contributed by atoms with E-state index in [0.29, 0.717) is 0 Å². The van der Waals surface area contributed by atoms with Gasteiger partial charge in [-0.3, -0.25) is 4.79 Å². The van der Waals surface area contributed by atoms with Crippen molar-refractivity contribution in [1.82, 2.24) is 4.91 Å². The lowest BCUT2D eigenvalue weighted by molar-refractivity contribution is -0.152. The van der Waals surface area contributed by atoms with E-state index in [0.717, 1.165) is 0 Å². The Morgan fingerprint density at radius 1 is 1.64 bits per heavy atom. The first-order chi connectivity index (χ1) is 4.98. The van der Waals surface area contributed by atoms with Crippen molar-refractivity contribution in [2.45, 2.75) is 20.8 Å². The van der Waals surface area contributed by atoms with Gasteiger partial charge < -0.3 is 4.74 Å². The van der Waals surface area contributed by atoms with Crippen molar-refractivity contribution in [3.63, 3.8) is 0 Å². The number of esters is 1. The highest BCUT2D eigenvalue weighted by molar-refractivity contribution is 5.75. The minimum atomic E-state index is -0.516. The summed E-state index contributed by atoms with van der Waals surface area (Å²) >= 11 is 0. The van der Waals surface area contributed by atoms with E-state index in [2.05, 4.69) is 14.8 Å². The van der Waals surface area contributed by atoms with Gasteiger partial charge in [0.1, 0.15) is 5.53 Å². The van der Waals surface area contributed by atoms with Crippen LogP contribution >= 0.6 is 0 Å². The van der Waals surface area contributed by atoms with Crippen molar-refractivity contribution in [3.8, 4) is 0 Å². The molecule has 0 aromatic carbocycles. The smallest absolute Gasteiger partial charge is 0.313 e. The number of hydrogen-bond donors (Lipinski definition) is 1. The molecular formula is C6H12N3O2+. The Bertz CT molecular complexity index is 188. The van der Waals surface area contributed by atoms with Crippen LogP contribution in [0.2, 0.25) is 0 Å². The molecule has 62 valence electrons. The lowest BCUT2D eigenvalue weighted by Crippen LogP contribution is -2.22. The van der Waals surface area contributed by atoms with E-state index in [4.69, 9.17) is 5.53 Å². The molecular weight excluding hydrogens is 146 g/mol. The van der Waals surface area contributed by atoms with Crippen LogP contribution in [0.25, 0.3) is 0 Å². The second-order valence-corrected chi connectivity index (χ2v) is 3.05. The summed E-state index contributed by atoms with van der Waals surface area (Å²) in [6.45, 7) is 5.06. The van der Waals surface area contributed by atoms with E-state index in [1.54, 1.807) is 20.8 Å². The fourth-order valence-corrected chi connectivity index (χ4v) is 0.333. The van der Waals surface area contributed by atoms with Crippen molar-refractivity contribution in [1.29, 1.82) is 5.53 Å². The molecule has 0 amide bonds. The average molecular weight is 158 g/mol. The van der Waals surface area contributed by atoms with Crippen LogP contribution in [-0.2, 0) is 9.53 Å². The van der Waals surface area contributed by atoms with E-state index in [1.165, 1.54) is 0 Å². The maximum atomic E-state index is 11.0. The Balaban J connectivity index is 3.80.